The van der Waals surface area contributed by atoms with E-state index >= 15 is 0 Å². The van der Waals surface area contributed by atoms with Crippen molar-refractivity contribution in [2.75, 3.05) is 37.9 Å². The van der Waals surface area contributed by atoms with E-state index in [1.807, 2.05) is 48.5 Å². The van der Waals surface area contributed by atoms with E-state index in [9.17, 15) is 9.18 Å². The van der Waals surface area contributed by atoms with Gasteiger partial charge in [-0.25, -0.2) is 4.39 Å². The maximum atomic E-state index is 13.3. The zero-order valence-corrected chi connectivity index (χ0v) is 20.9. The van der Waals surface area contributed by atoms with Gasteiger partial charge in [-0.3, -0.25) is 4.79 Å². The van der Waals surface area contributed by atoms with E-state index in [0.717, 1.165) is 72.6 Å². The van der Waals surface area contributed by atoms with E-state index in [-0.39, 0.29) is 6.61 Å². The number of piperidine rings is 1. The molecule has 0 saturated carbocycles. The first-order chi connectivity index (χ1) is 18.1. The molecule has 194 valence electrons. The van der Waals surface area contributed by atoms with Crippen LogP contribution in [0.25, 0.3) is 11.1 Å². The third kappa shape index (κ3) is 5.78. The molecule has 3 aromatic carbocycles. The van der Waals surface area contributed by atoms with Crippen molar-refractivity contribution in [3.63, 3.8) is 0 Å². The number of para-hydroxylation sites is 1. The summed E-state index contributed by atoms with van der Waals surface area (Å²) < 4.78 is 29.9. The molecule has 2 aliphatic rings. The molecular formula is C30H33FN2O4. The van der Waals surface area contributed by atoms with Crippen LogP contribution in [0.3, 0.4) is 0 Å². The van der Waals surface area contributed by atoms with Crippen molar-refractivity contribution in [1.82, 2.24) is 0 Å². The van der Waals surface area contributed by atoms with Gasteiger partial charge in [-0.1, -0.05) is 36.4 Å². The van der Waals surface area contributed by atoms with E-state index < -0.39 is 12.7 Å². The fraction of sp³-hybridized carbons (Fsp3) is 0.367. The molecule has 0 bridgehead atoms. The van der Waals surface area contributed by atoms with Crippen molar-refractivity contribution < 1.29 is 23.4 Å². The summed E-state index contributed by atoms with van der Waals surface area (Å²) in [5.41, 5.74) is 12.1. The molecule has 0 aromatic heterocycles. The second-order valence-electron chi connectivity index (χ2n) is 10.1. The van der Waals surface area contributed by atoms with Crippen LogP contribution < -0.4 is 15.4 Å². The van der Waals surface area contributed by atoms with Crippen LogP contribution in [-0.2, 0) is 27.5 Å². The number of nitrogens with two attached hydrogens (primary N) is 1. The Labute approximate surface area is 217 Å². The van der Waals surface area contributed by atoms with Crippen LogP contribution in [0.4, 0.5) is 10.1 Å². The predicted octanol–water partition coefficient (Wildman–Crippen LogP) is 5.19. The minimum atomic E-state index is -0.640. The SMILES string of the molecule is N[C@@H](CF)c1cccc(-c2cc(COc3ccccc3COC=O)cc(N3CCC4(CC3)COC4)c2)c1. The zero-order chi connectivity index (χ0) is 25.7. The number of hydrogen-bond acceptors (Lipinski definition) is 6. The largest absolute Gasteiger partial charge is 0.488 e. The smallest absolute Gasteiger partial charge is 0.293 e. The highest BCUT2D eigenvalue weighted by atomic mass is 19.1. The second kappa shape index (κ2) is 11.3. The molecule has 1 atom stereocenters. The number of carbonyl (C=O) groups is 1. The van der Waals surface area contributed by atoms with Crippen LogP contribution in [0.15, 0.2) is 66.7 Å². The van der Waals surface area contributed by atoms with Gasteiger partial charge in [0.1, 0.15) is 25.6 Å². The number of benzene rings is 3. The number of ether oxygens (including phenoxy) is 3. The second-order valence-corrected chi connectivity index (χ2v) is 10.1. The quantitative estimate of drug-likeness (QED) is 0.383. The fourth-order valence-electron chi connectivity index (χ4n) is 5.11. The standard InChI is InChI=1S/C30H33FN2O4/c31-16-28(32)24-6-3-5-23(14-24)26-12-22(17-37-29-7-2-1-4-25(29)18-35-21-34)13-27(15-26)33-10-8-30(9-11-33)19-36-20-30/h1-7,12-15,21,28H,8-11,16-20,32H2/t28-/m0/s1. The average Bonchev–Trinajstić information content (AvgIpc) is 2.94. The Hall–Kier alpha value is -3.42. The lowest BCUT2D eigenvalue weighted by molar-refractivity contribution is -0.129. The van der Waals surface area contributed by atoms with Crippen LogP contribution in [0, 0.1) is 5.41 Å². The molecule has 2 heterocycles. The van der Waals surface area contributed by atoms with Gasteiger partial charge in [0.25, 0.3) is 6.47 Å². The number of halogens is 1. The van der Waals surface area contributed by atoms with Gasteiger partial charge in [-0.05, 0) is 65.4 Å². The van der Waals surface area contributed by atoms with Crippen molar-refractivity contribution in [2.24, 2.45) is 11.1 Å². The van der Waals surface area contributed by atoms with Gasteiger partial charge >= 0.3 is 0 Å². The summed E-state index contributed by atoms with van der Waals surface area (Å²) in [6.07, 6.45) is 2.24. The Balaban J connectivity index is 1.43. The molecule has 3 aromatic rings. The molecule has 2 saturated heterocycles. The highest BCUT2D eigenvalue weighted by molar-refractivity contribution is 5.70. The molecule has 5 rings (SSSR count). The van der Waals surface area contributed by atoms with Gasteiger partial charge in [-0.15, -0.1) is 0 Å². The average molecular weight is 505 g/mol. The monoisotopic (exact) mass is 504 g/mol. The molecule has 0 amide bonds. The van der Waals surface area contributed by atoms with Crippen molar-refractivity contribution in [3.8, 4) is 16.9 Å². The Morgan fingerprint density at radius 1 is 1.00 bits per heavy atom. The van der Waals surface area contributed by atoms with E-state index in [4.69, 9.17) is 19.9 Å². The Bertz CT molecular complexity index is 1220. The van der Waals surface area contributed by atoms with E-state index in [2.05, 4.69) is 23.1 Å². The van der Waals surface area contributed by atoms with Gasteiger partial charge in [-0.2, -0.15) is 0 Å². The molecule has 0 aliphatic carbocycles. The van der Waals surface area contributed by atoms with E-state index in [0.29, 0.717) is 24.2 Å². The molecule has 0 radical (unpaired) electrons. The lowest BCUT2D eigenvalue weighted by atomic mass is 9.76. The summed E-state index contributed by atoms with van der Waals surface area (Å²) in [5, 5.41) is 0. The normalized spacial score (nSPS) is 17.2. The highest BCUT2D eigenvalue weighted by Crippen LogP contribution is 2.40. The first kappa shape index (κ1) is 25.2. The third-order valence-electron chi connectivity index (χ3n) is 7.47. The third-order valence-corrected chi connectivity index (χ3v) is 7.47. The highest BCUT2D eigenvalue weighted by Gasteiger charge is 2.41. The van der Waals surface area contributed by atoms with Crippen LogP contribution in [-0.4, -0.2) is 39.5 Å². The number of alkyl halides is 1. The molecule has 2 N–H and O–H groups in total. The summed E-state index contributed by atoms with van der Waals surface area (Å²) in [4.78, 5) is 13.1. The summed E-state index contributed by atoms with van der Waals surface area (Å²) in [5.74, 6) is 0.678. The first-order valence-electron chi connectivity index (χ1n) is 12.7. The van der Waals surface area contributed by atoms with Gasteiger partial charge in [0, 0.05) is 29.8 Å². The summed E-state index contributed by atoms with van der Waals surface area (Å²) in [6.45, 7) is 4.05. The number of anilines is 1. The minimum Gasteiger partial charge on any atom is -0.488 e. The van der Waals surface area contributed by atoms with E-state index in [1.54, 1.807) is 0 Å². The van der Waals surface area contributed by atoms with Gasteiger partial charge in [0.05, 0.1) is 19.3 Å². The molecule has 6 nitrogen and oxygen atoms in total. The van der Waals surface area contributed by atoms with Crippen LogP contribution in [0.2, 0.25) is 0 Å². The minimum absolute atomic E-state index is 0.159. The maximum Gasteiger partial charge on any atom is 0.293 e. The molecule has 1 spiro atoms. The number of rotatable bonds is 10. The Morgan fingerprint density at radius 3 is 2.54 bits per heavy atom. The maximum absolute atomic E-state index is 13.3. The van der Waals surface area contributed by atoms with Crippen LogP contribution in [0.1, 0.15) is 35.6 Å². The number of carbonyl (C=O) groups excluding carboxylic acids is 1. The lowest BCUT2D eigenvalue weighted by Gasteiger charge is -2.48. The Kier molecular flexibility index (Phi) is 7.72. The van der Waals surface area contributed by atoms with Crippen LogP contribution >= 0.6 is 0 Å². The first-order valence-corrected chi connectivity index (χ1v) is 12.7. The summed E-state index contributed by atoms with van der Waals surface area (Å²) >= 11 is 0. The molecule has 2 aliphatic heterocycles. The molecule has 2 fully saturated rings. The zero-order valence-electron chi connectivity index (χ0n) is 20.9. The number of nitrogens with zero attached hydrogens (tertiary/aromatic N) is 1. The molecule has 7 heteroatoms. The predicted molar refractivity (Wildman–Crippen MR) is 141 cm³/mol. The molecular weight excluding hydrogens is 471 g/mol. The van der Waals surface area contributed by atoms with E-state index in [1.165, 1.54) is 0 Å². The fourth-order valence-corrected chi connectivity index (χ4v) is 5.11. The number of hydrogen-bond donors (Lipinski definition) is 1. The summed E-state index contributed by atoms with van der Waals surface area (Å²) in [6, 6.07) is 21.2. The van der Waals surface area contributed by atoms with Gasteiger partial charge < -0.3 is 24.8 Å². The molecule has 37 heavy (non-hydrogen) atoms. The van der Waals surface area contributed by atoms with Crippen molar-refractivity contribution in [1.29, 1.82) is 0 Å². The van der Waals surface area contributed by atoms with Gasteiger partial charge in [0.15, 0.2) is 0 Å². The van der Waals surface area contributed by atoms with Crippen molar-refractivity contribution in [3.05, 3.63) is 83.4 Å². The molecule has 0 unspecified atom stereocenters. The van der Waals surface area contributed by atoms with Crippen molar-refractivity contribution in [2.45, 2.75) is 32.1 Å². The Morgan fingerprint density at radius 2 is 1.81 bits per heavy atom. The van der Waals surface area contributed by atoms with Crippen LogP contribution in [0.5, 0.6) is 5.75 Å². The summed E-state index contributed by atoms with van der Waals surface area (Å²) in [7, 11) is 0. The topological polar surface area (TPSA) is 74.0 Å². The lowest BCUT2D eigenvalue weighted by Crippen LogP contribution is -2.50. The van der Waals surface area contributed by atoms with Crippen molar-refractivity contribution >= 4 is 12.2 Å². The van der Waals surface area contributed by atoms with Gasteiger partial charge in [0.2, 0.25) is 0 Å².